The second-order valence-corrected chi connectivity index (χ2v) is 8.44. The van der Waals surface area contributed by atoms with Crippen molar-refractivity contribution in [2.75, 3.05) is 20.3 Å². The number of fused-ring (bicyclic) bond motifs is 1. The van der Waals surface area contributed by atoms with Crippen molar-refractivity contribution in [2.45, 2.75) is 44.2 Å². The molecular formula is C24H24F6N2O3. The average Bonchev–Trinajstić information content (AvgIpc) is 2.77. The Hall–Kier alpha value is -3.08. The maximum atomic E-state index is 13.6. The van der Waals surface area contributed by atoms with E-state index in [1.165, 1.54) is 24.1 Å². The molecule has 2 amide bonds. The largest absolute Gasteiger partial charge is 0.416 e. The first-order valence-corrected chi connectivity index (χ1v) is 10.7. The van der Waals surface area contributed by atoms with Gasteiger partial charge in [0.15, 0.2) is 0 Å². The van der Waals surface area contributed by atoms with Crippen LogP contribution in [-0.4, -0.2) is 43.0 Å². The van der Waals surface area contributed by atoms with E-state index in [4.69, 9.17) is 4.74 Å². The van der Waals surface area contributed by atoms with Crippen molar-refractivity contribution in [3.63, 3.8) is 0 Å². The molecule has 2 aromatic carbocycles. The van der Waals surface area contributed by atoms with E-state index in [9.17, 15) is 35.9 Å². The number of halogens is 6. The van der Waals surface area contributed by atoms with Crippen LogP contribution in [0.3, 0.4) is 0 Å². The molecule has 1 aliphatic rings. The monoisotopic (exact) mass is 502 g/mol. The van der Waals surface area contributed by atoms with Crippen molar-refractivity contribution in [3.8, 4) is 0 Å². The summed E-state index contributed by atoms with van der Waals surface area (Å²) in [7, 11) is 1.41. The molecule has 5 nitrogen and oxygen atoms in total. The summed E-state index contributed by atoms with van der Waals surface area (Å²) in [6.07, 6.45) is -10.2. The van der Waals surface area contributed by atoms with E-state index in [1.807, 2.05) is 0 Å². The molecule has 0 spiro atoms. The molecule has 2 atom stereocenters. The minimum absolute atomic E-state index is 0.0233. The van der Waals surface area contributed by atoms with Crippen LogP contribution in [0.15, 0.2) is 42.5 Å². The standard InChI is InChI=1S/C24H24F6N2O3/c1-13(2)32-20(14-10-15(23(25,26)27)12-16(11-14)24(28,29)30)19(21(33)31-8-9-35-3)17-6-4-5-7-18(17)22(32)34/h4-7,10-13,19-20H,8-9H2,1-3H3,(H,31,33). The van der Waals surface area contributed by atoms with Crippen LogP contribution < -0.4 is 5.32 Å². The topological polar surface area (TPSA) is 58.6 Å². The molecule has 0 aliphatic carbocycles. The SMILES string of the molecule is COCCNC(=O)C1c2ccccc2C(=O)N(C(C)C)C1c1cc(C(F)(F)F)cc(C(F)(F)F)c1. The number of hydrogen-bond acceptors (Lipinski definition) is 3. The van der Waals surface area contributed by atoms with Crippen LogP contribution in [0.2, 0.25) is 0 Å². The molecule has 0 fully saturated rings. The first-order valence-electron chi connectivity index (χ1n) is 10.7. The highest BCUT2D eigenvalue weighted by atomic mass is 19.4. The number of alkyl halides is 6. The first kappa shape index (κ1) is 26.5. The summed E-state index contributed by atoms with van der Waals surface area (Å²) in [5.41, 5.74) is -3.09. The molecule has 35 heavy (non-hydrogen) atoms. The quantitative estimate of drug-likeness (QED) is 0.438. The van der Waals surface area contributed by atoms with E-state index in [1.54, 1.807) is 26.0 Å². The highest BCUT2D eigenvalue weighted by Crippen LogP contribution is 2.46. The predicted molar refractivity (Wildman–Crippen MR) is 115 cm³/mol. The Morgan fingerprint density at radius 2 is 1.60 bits per heavy atom. The summed E-state index contributed by atoms with van der Waals surface area (Å²) in [5.74, 6) is -2.50. The number of carbonyl (C=O) groups is 2. The lowest BCUT2D eigenvalue weighted by Crippen LogP contribution is -2.50. The summed E-state index contributed by atoms with van der Waals surface area (Å²) >= 11 is 0. The zero-order valence-corrected chi connectivity index (χ0v) is 19.1. The first-order chi connectivity index (χ1) is 16.3. The maximum Gasteiger partial charge on any atom is 0.416 e. The lowest BCUT2D eigenvalue weighted by Gasteiger charge is -2.44. The van der Waals surface area contributed by atoms with Crippen LogP contribution in [0.5, 0.6) is 0 Å². The number of hydrogen-bond donors (Lipinski definition) is 1. The number of rotatable bonds is 6. The minimum Gasteiger partial charge on any atom is -0.383 e. The lowest BCUT2D eigenvalue weighted by atomic mass is 9.78. The maximum absolute atomic E-state index is 13.6. The number of amides is 2. The fourth-order valence-corrected chi connectivity index (χ4v) is 4.29. The van der Waals surface area contributed by atoms with Crippen molar-refractivity contribution in [1.82, 2.24) is 10.2 Å². The smallest absolute Gasteiger partial charge is 0.383 e. The highest BCUT2D eigenvalue weighted by molar-refractivity contribution is 6.01. The molecule has 1 aliphatic heterocycles. The highest BCUT2D eigenvalue weighted by Gasteiger charge is 2.46. The van der Waals surface area contributed by atoms with Crippen molar-refractivity contribution in [1.29, 1.82) is 0 Å². The average molecular weight is 502 g/mol. The second-order valence-electron chi connectivity index (χ2n) is 8.44. The molecule has 0 saturated carbocycles. The van der Waals surface area contributed by atoms with Gasteiger partial charge in [-0.15, -0.1) is 0 Å². The predicted octanol–water partition coefficient (Wildman–Crippen LogP) is 5.18. The van der Waals surface area contributed by atoms with Gasteiger partial charge in [-0.3, -0.25) is 9.59 Å². The molecule has 0 aromatic heterocycles. The molecule has 2 unspecified atom stereocenters. The summed E-state index contributed by atoms with van der Waals surface area (Å²) in [5, 5.41) is 2.61. The van der Waals surface area contributed by atoms with E-state index >= 15 is 0 Å². The van der Waals surface area contributed by atoms with Crippen LogP contribution in [-0.2, 0) is 21.9 Å². The molecule has 0 saturated heterocycles. The second kappa shape index (κ2) is 9.88. The van der Waals surface area contributed by atoms with E-state index in [0.29, 0.717) is 12.1 Å². The summed E-state index contributed by atoms with van der Waals surface area (Å²) < 4.78 is 86.5. The van der Waals surface area contributed by atoms with E-state index in [2.05, 4.69) is 5.32 Å². The van der Waals surface area contributed by atoms with Gasteiger partial charge in [0.1, 0.15) is 0 Å². The van der Waals surface area contributed by atoms with E-state index in [-0.39, 0.29) is 30.3 Å². The van der Waals surface area contributed by atoms with Gasteiger partial charge in [0.05, 0.1) is 29.7 Å². The van der Waals surface area contributed by atoms with Crippen LogP contribution in [0.4, 0.5) is 26.3 Å². The molecule has 1 heterocycles. The number of nitrogens with zero attached hydrogens (tertiary/aromatic N) is 1. The molecule has 1 N–H and O–H groups in total. The molecule has 190 valence electrons. The molecule has 0 bridgehead atoms. The number of methoxy groups -OCH3 is 1. The Morgan fingerprint density at radius 1 is 1.03 bits per heavy atom. The van der Waals surface area contributed by atoms with Crippen molar-refractivity contribution < 1.29 is 40.7 Å². The van der Waals surface area contributed by atoms with Crippen LogP contribution in [0.25, 0.3) is 0 Å². The van der Waals surface area contributed by atoms with Crippen LogP contribution in [0, 0.1) is 0 Å². The lowest BCUT2D eigenvalue weighted by molar-refractivity contribution is -0.143. The van der Waals surface area contributed by atoms with Gasteiger partial charge in [-0.25, -0.2) is 0 Å². The number of nitrogens with one attached hydrogen (secondary N) is 1. The summed E-state index contributed by atoms with van der Waals surface area (Å²) in [4.78, 5) is 27.8. The fourth-order valence-electron chi connectivity index (χ4n) is 4.29. The zero-order chi connectivity index (χ0) is 26.1. The Morgan fingerprint density at radius 3 is 2.11 bits per heavy atom. The van der Waals surface area contributed by atoms with Crippen molar-refractivity contribution in [3.05, 3.63) is 70.3 Å². The number of benzene rings is 2. The van der Waals surface area contributed by atoms with Gasteiger partial charge in [0.2, 0.25) is 5.91 Å². The summed E-state index contributed by atoms with van der Waals surface area (Å²) in [6.45, 7) is 3.36. The molecule has 0 radical (unpaired) electrons. The Labute approximate surface area is 198 Å². The third-order valence-corrected chi connectivity index (χ3v) is 5.77. The molecule has 11 heteroatoms. The third-order valence-electron chi connectivity index (χ3n) is 5.77. The van der Waals surface area contributed by atoms with Crippen LogP contribution >= 0.6 is 0 Å². The van der Waals surface area contributed by atoms with E-state index in [0.717, 1.165) is 0 Å². The normalized spacial score (nSPS) is 18.6. The van der Waals surface area contributed by atoms with Gasteiger partial charge in [-0.2, -0.15) is 26.3 Å². The third kappa shape index (κ3) is 5.44. The summed E-state index contributed by atoms with van der Waals surface area (Å²) in [6, 6.07) is 5.21. The zero-order valence-electron chi connectivity index (χ0n) is 19.1. The number of ether oxygens (including phenoxy) is 1. The Balaban J connectivity index is 2.30. The fraction of sp³-hybridized carbons (Fsp3) is 0.417. The molecule has 3 rings (SSSR count). The Kier molecular flexibility index (Phi) is 7.49. The van der Waals surface area contributed by atoms with Gasteiger partial charge in [0.25, 0.3) is 5.91 Å². The molecular weight excluding hydrogens is 478 g/mol. The van der Waals surface area contributed by atoms with Gasteiger partial charge < -0.3 is 15.0 Å². The van der Waals surface area contributed by atoms with E-state index < -0.39 is 58.9 Å². The van der Waals surface area contributed by atoms with Gasteiger partial charge in [-0.1, -0.05) is 18.2 Å². The number of carbonyl (C=O) groups excluding carboxylic acids is 2. The van der Waals surface area contributed by atoms with Crippen molar-refractivity contribution >= 4 is 11.8 Å². The molecule has 2 aromatic rings. The van der Waals surface area contributed by atoms with Crippen LogP contribution in [0.1, 0.15) is 58.4 Å². The van der Waals surface area contributed by atoms with Gasteiger partial charge in [0, 0.05) is 25.3 Å². The Bertz CT molecular complexity index is 1070. The van der Waals surface area contributed by atoms with Gasteiger partial charge >= 0.3 is 12.4 Å². The van der Waals surface area contributed by atoms with Gasteiger partial charge in [-0.05, 0) is 49.2 Å². The van der Waals surface area contributed by atoms with Crippen molar-refractivity contribution in [2.24, 2.45) is 0 Å². The minimum atomic E-state index is -5.08.